The van der Waals surface area contributed by atoms with Crippen LogP contribution >= 0.6 is 0 Å². The lowest BCUT2D eigenvalue weighted by molar-refractivity contribution is -0.0533. The molecule has 94 valence electrons. The van der Waals surface area contributed by atoms with Gasteiger partial charge in [0.2, 0.25) is 0 Å². The van der Waals surface area contributed by atoms with Gasteiger partial charge in [-0.15, -0.1) is 0 Å². The van der Waals surface area contributed by atoms with Gasteiger partial charge in [0, 0.05) is 25.2 Å². The van der Waals surface area contributed by atoms with Crippen molar-refractivity contribution in [1.29, 1.82) is 0 Å². The Balaban J connectivity index is 1.87. The van der Waals surface area contributed by atoms with Crippen LogP contribution in [0.3, 0.4) is 0 Å². The van der Waals surface area contributed by atoms with E-state index in [2.05, 4.69) is 11.8 Å². The van der Waals surface area contributed by atoms with Gasteiger partial charge in [0.25, 0.3) is 0 Å². The van der Waals surface area contributed by atoms with Gasteiger partial charge in [-0.25, -0.2) is 0 Å². The molecule has 0 radical (unpaired) electrons. The van der Waals surface area contributed by atoms with Crippen LogP contribution in [-0.2, 0) is 4.74 Å². The van der Waals surface area contributed by atoms with E-state index >= 15 is 0 Å². The fraction of sp³-hybridized carbons (Fsp3) is 1.00. The van der Waals surface area contributed by atoms with Gasteiger partial charge in [0.15, 0.2) is 0 Å². The topological polar surface area (TPSA) is 38.5 Å². The molecule has 1 saturated carbocycles. The second-order valence-corrected chi connectivity index (χ2v) is 5.41. The lowest BCUT2D eigenvalue weighted by Gasteiger charge is -2.39. The maximum absolute atomic E-state index is 5.94. The summed E-state index contributed by atoms with van der Waals surface area (Å²) < 4.78 is 5.73. The van der Waals surface area contributed by atoms with E-state index in [9.17, 15) is 0 Å². The third-order valence-corrected chi connectivity index (χ3v) is 4.05. The molecule has 1 saturated heterocycles. The van der Waals surface area contributed by atoms with E-state index < -0.39 is 0 Å². The van der Waals surface area contributed by atoms with E-state index in [0.29, 0.717) is 0 Å². The fourth-order valence-electron chi connectivity index (χ4n) is 2.97. The summed E-state index contributed by atoms with van der Waals surface area (Å²) in [4.78, 5) is 2.63. The Morgan fingerprint density at radius 1 is 1.19 bits per heavy atom. The number of nitrogens with two attached hydrogens (primary N) is 1. The fourth-order valence-corrected chi connectivity index (χ4v) is 2.97. The van der Waals surface area contributed by atoms with Crippen LogP contribution in [0.5, 0.6) is 0 Å². The quantitative estimate of drug-likeness (QED) is 0.729. The maximum Gasteiger partial charge on any atom is 0.0850 e. The number of morpholine rings is 1. The van der Waals surface area contributed by atoms with Crippen LogP contribution in [0.4, 0.5) is 0 Å². The average Bonchev–Trinajstić information content (AvgIpc) is 2.57. The number of ether oxygens (including phenoxy) is 1. The summed E-state index contributed by atoms with van der Waals surface area (Å²) in [5.41, 5.74) is 5.94. The Hall–Kier alpha value is -0.120. The molecule has 0 aromatic carbocycles. The monoisotopic (exact) mass is 226 g/mol. The van der Waals surface area contributed by atoms with Crippen molar-refractivity contribution in [3.05, 3.63) is 0 Å². The van der Waals surface area contributed by atoms with Gasteiger partial charge in [-0.05, 0) is 19.8 Å². The molecule has 2 atom stereocenters. The highest BCUT2D eigenvalue weighted by atomic mass is 16.5. The second kappa shape index (κ2) is 5.99. The molecule has 2 N–H and O–H groups in total. The summed E-state index contributed by atoms with van der Waals surface area (Å²) in [5, 5.41) is 0. The van der Waals surface area contributed by atoms with Crippen molar-refractivity contribution in [3.63, 3.8) is 0 Å². The van der Waals surface area contributed by atoms with Crippen LogP contribution in [0, 0.1) is 0 Å². The smallest absolute Gasteiger partial charge is 0.0850 e. The van der Waals surface area contributed by atoms with Crippen LogP contribution in [0.25, 0.3) is 0 Å². The average molecular weight is 226 g/mol. The molecule has 2 unspecified atom stereocenters. The summed E-state index contributed by atoms with van der Waals surface area (Å²) in [6.07, 6.45) is 8.68. The van der Waals surface area contributed by atoms with Gasteiger partial charge < -0.3 is 10.5 Å². The first kappa shape index (κ1) is 12.3. The molecule has 0 aromatic heterocycles. The zero-order chi connectivity index (χ0) is 11.4. The molecular weight excluding hydrogens is 200 g/mol. The van der Waals surface area contributed by atoms with Gasteiger partial charge in [0.05, 0.1) is 12.7 Å². The number of hydrogen-bond acceptors (Lipinski definition) is 3. The van der Waals surface area contributed by atoms with Gasteiger partial charge in [-0.3, -0.25) is 4.90 Å². The summed E-state index contributed by atoms with van der Waals surface area (Å²) in [6, 6.07) is 0.959. The van der Waals surface area contributed by atoms with E-state index in [1.165, 1.54) is 38.5 Å². The maximum atomic E-state index is 5.94. The highest BCUT2D eigenvalue weighted by molar-refractivity contribution is 4.83. The van der Waals surface area contributed by atoms with Gasteiger partial charge >= 0.3 is 0 Å². The number of hydrogen-bond donors (Lipinski definition) is 1. The molecule has 0 bridgehead atoms. The van der Waals surface area contributed by atoms with Crippen molar-refractivity contribution in [3.8, 4) is 0 Å². The summed E-state index contributed by atoms with van der Waals surface area (Å²) >= 11 is 0. The van der Waals surface area contributed by atoms with Crippen LogP contribution in [0.15, 0.2) is 0 Å². The summed E-state index contributed by atoms with van der Waals surface area (Å²) in [6.45, 7) is 5.07. The van der Waals surface area contributed by atoms with Gasteiger partial charge in [0.1, 0.15) is 0 Å². The predicted molar refractivity (Wildman–Crippen MR) is 66.5 cm³/mol. The summed E-state index contributed by atoms with van der Waals surface area (Å²) in [5.74, 6) is 0. The Morgan fingerprint density at radius 3 is 2.50 bits per heavy atom. The lowest BCUT2D eigenvalue weighted by Crippen LogP contribution is -2.52. The molecule has 2 rings (SSSR count). The highest BCUT2D eigenvalue weighted by Gasteiger charge is 2.28. The largest absolute Gasteiger partial charge is 0.374 e. The van der Waals surface area contributed by atoms with Crippen molar-refractivity contribution in [1.82, 2.24) is 4.90 Å². The zero-order valence-electron chi connectivity index (χ0n) is 10.5. The van der Waals surface area contributed by atoms with Crippen molar-refractivity contribution in [2.45, 2.75) is 63.6 Å². The molecule has 1 heterocycles. The van der Waals surface area contributed by atoms with E-state index in [1.54, 1.807) is 0 Å². The van der Waals surface area contributed by atoms with E-state index in [0.717, 1.165) is 25.7 Å². The highest BCUT2D eigenvalue weighted by Crippen LogP contribution is 2.23. The Labute approximate surface area is 99.3 Å². The Kier molecular flexibility index (Phi) is 4.62. The van der Waals surface area contributed by atoms with Crippen LogP contribution in [0.1, 0.15) is 45.4 Å². The molecule has 3 heteroatoms. The van der Waals surface area contributed by atoms with E-state index in [-0.39, 0.29) is 12.1 Å². The van der Waals surface area contributed by atoms with E-state index in [4.69, 9.17) is 10.5 Å². The standard InChI is InChI=1S/C13H26N2O/c1-11(14)13-10-15(8-9-16-13)12-6-4-2-3-5-7-12/h11-13H,2-10,14H2,1H3. The first-order valence-corrected chi connectivity index (χ1v) is 6.88. The van der Waals surface area contributed by atoms with Crippen molar-refractivity contribution >= 4 is 0 Å². The first-order chi connectivity index (χ1) is 7.77. The van der Waals surface area contributed by atoms with Gasteiger partial charge in [-0.1, -0.05) is 25.7 Å². The molecule has 3 nitrogen and oxygen atoms in total. The molecular formula is C13H26N2O. The molecule has 0 spiro atoms. The predicted octanol–water partition coefficient (Wildman–Crippen LogP) is 1.76. The number of nitrogens with zero attached hydrogens (tertiary/aromatic N) is 1. The third-order valence-electron chi connectivity index (χ3n) is 4.05. The normalized spacial score (nSPS) is 32.2. The van der Waals surface area contributed by atoms with Gasteiger partial charge in [-0.2, -0.15) is 0 Å². The lowest BCUT2D eigenvalue weighted by atomic mass is 10.0. The molecule has 1 aliphatic heterocycles. The number of rotatable bonds is 2. The van der Waals surface area contributed by atoms with Crippen molar-refractivity contribution in [2.75, 3.05) is 19.7 Å². The van der Waals surface area contributed by atoms with Crippen LogP contribution < -0.4 is 5.73 Å². The van der Waals surface area contributed by atoms with Crippen molar-refractivity contribution in [2.24, 2.45) is 5.73 Å². The Morgan fingerprint density at radius 2 is 1.88 bits per heavy atom. The van der Waals surface area contributed by atoms with Crippen LogP contribution in [-0.4, -0.2) is 42.8 Å². The SMILES string of the molecule is CC(N)C1CN(C2CCCCCC2)CCO1. The van der Waals surface area contributed by atoms with Crippen LogP contribution in [0.2, 0.25) is 0 Å². The first-order valence-electron chi connectivity index (χ1n) is 6.88. The minimum atomic E-state index is 0.161. The zero-order valence-corrected chi connectivity index (χ0v) is 10.5. The molecule has 1 aliphatic carbocycles. The third kappa shape index (κ3) is 3.19. The molecule has 2 aliphatic rings. The van der Waals surface area contributed by atoms with E-state index in [1.807, 2.05) is 0 Å². The summed E-state index contributed by atoms with van der Waals surface area (Å²) in [7, 11) is 0. The minimum Gasteiger partial charge on any atom is -0.374 e. The Bertz CT molecular complexity index is 200. The second-order valence-electron chi connectivity index (χ2n) is 5.41. The molecule has 2 fully saturated rings. The van der Waals surface area contributed by atoms with Crippen molar-refractivity contribution < 1.29 is 4.74 Å². The molecule has 0 amide bonds. The minimum absolute atomic E-state index is 0.161. The molecule has 0 aromatic rings. The molecule has 16 heavy (non-hydrogen) atoms.